The highest BCUT2D eigenvalue weighted by Crippen LogP contribution is 2.20. The van der Waals surface area contributed by atoms with Crippen molar-refractivity contribution in [2.45, 2.75) is 33.3 Å². The highest BCUT2D eigenvalue weighted by Gasteiger charge is 2.09. The van der Waals surface area contributed by atoms with E-state index in [1.165, 1.54) is 0 Å². The van der Waals surface area contributed by atoms with Crippen LogP contribution in [0.15, 0.2) is 24.3 Å². The molecule has 4 heteroatoms. The van der Waals surface area contributed by atoms with E-state index in [1.54, 1.807) is 0 Å². The summed E-state index contributed by atoms with van der Waals surface area (Å²) in [6.45, 7) is 7.13. The number of hydrogen-bond acceptors (Lipinski definition) is 3. The lowest BCUT2D eigenvalue weighted by atomic mass is 10.1. The van der Waals surface area contributed by atoms with Crippen molar-refractivity contribution in [1.82, 2.24) is 5.32 Å². The van der Waals surface area contributed by atoms with Crippen molar-refractivity contribution in [1.29, 1.82) is 0 Å². The molecule has 0 spiro atoms. The van der Waals surface area contributed by atoms with Gasteiger partial charge in [0.25, 0.3) is 0 Å². The molecular formula is C16H26N2O2. The molecule has 0 radical (unpaired) electrons. The minimum atomic E-state index is -0.413. The molecule has 0 aliphatic rings. The molecule has 0 aliphatic heterocycles. The SMILES string of the molecule is CCC(O)c1ccc(N(C)CC(=O)NCC(C)C)cc1. The Morgan fingerprint density at radius 2 is 1.90 bits per heavy atom. The van der Waals surface area contributed by atoms with Gasteiger partial charge in [-0.1, -0.05) is 32.9 Å². The maximum Gasteiger partial charge on any atom is 0.239 e. The second-order valence-corrected chi connectivity index (χ2v) is 5.57. The third-order valence-corrected chi connectivity index (χ3v) is 3.19. The fraction of sp³-hybridized carbons (Fsp3) is 0.562. The first kappa shape index (κ1) is 16.5. The summed E-state index contributed by atoms with van der Waals surface area (Å²) in [7, 11) is 1.89. The van der Waals surface area contributed by atoms with Gasteiger partial charge in [-0.25, -0.2) is 0 Å². The van der Waals surface area contributed by atoms with Crippen LogP contribution in [0.5, 0.6) is 0 Å². The van der Waals surface area contributed by atoms with E-state index in [9.17, 15) is 9.90 Å². The van der Waals surface area contributed by atoms with Gasteiger partial charge in [-0.05, 0) is 30.0 Å². The minimum absolute atomic E-state index is 0.0267. The largest absolute Gasteiger partial charge is 0.388 e. The smallest absolute Gasteiger partial charge is 0.239 e. The molecular weight excluding hydrogens is 252 g/mol. The topological polar surface area (TPSA) is 52.6 Å². The summed E-state index contributed by atoms with van der Waals surface area (Å²) < 4.78 is 0. The monoisotopic (exact) mass is 278 g/mol. The molecule has 1 aromatic carbocycles. The molecule has 20 heavy (non-hydrogen) atoms. The standard InChI is InChI=1S/C16H26N2O2/c1-5-15(19)13-6-8-14(9-7-13)18(4)11-16(20)17-10-12(2)3/h6-9,12,15,19H,5,10-11H2,1-4H3,(H,17,20). The summed E-state index contributed by atoms with van der Waals surface area (Å²) in [6, 6.07) is 7.69. The van der Waals surface area contributed by atoms with Gasteiger partial charge >= 0.3 is 0 Å². The molecule has 2 N–H and O–H groups in total. The van der Waals surface area contributed by atoms with Gasteiger partial charge in [0.15, 0.2) is 0 Å². The molecule has 1 atom stereocenters. The Morgan fingerprint density at radius 1 is 1.30 bits per heavy atom. The van der Waals surface area contributed by atoms with Crippen LogP contribution in [0, 0.1) is 5.92 Å². The maximum atomic E-state index is 11.8. The van der Waals surface area contributed by atoms with Gasteiger partial charge < -0.3 is 15.3 Å². The average molecular weight is 278 g/mol. The third kappa shape index (κ3) is 5.21. The van der Waals surface area contributed by atoms with Gasteiger partial charge in [0.2, 0.25) is 5.91 Å². The Labute approximate surface area is 121 Å². The minimum Gasteiger partial charge on any atom is -0.388 e. The van der Waals surface area contributed by atoms with Gasteiger partial charge in [-0.2, -0.15) is 0 Å². The van der Waals surface area contributed by atoms with E-state index in [-0.39, 0.29) is 5.91 Å². The highest BCUT2D eigenvalue weighted by atomic mass is 16.3. The van der Waals surface area contributed by atoms with E-state index in [2.05, 4.69) is 19.2 Å². The molecule has 1 unspecified atom stereocenters. The molecule has 0 saturated carbocycles. The molecule has 1 rings (SSSR count). The van der Waals surface area contributed by atoms with E-state index < -0.39 is 6.10 Å². The van der Waals surface area contributed by atoms with Crippen molar-refractivity contribution in [3.63, 3.8) is 0 Å². The van der Waals surface area contributed by atoms with Gasteiger partial charge in [0.05, 0.1) is 12.6 Å². The number of carbonyl (C=O) groups is 1. The maximum absolute atomic E-state index is 11.8. The Kier molecular flexibility index (Phi) is 6.52. The lowest BCUT2D eigenvalue weighted by Crippen LogP contribution is -2.36. The number of aliphatic hydroxyl groups excluding tert-OH is 1. The van der Waals surface area contributed by atoms with E-state index in [0.29, 0.717) is 25.4 Å². The number of benzene rings is 1. The molecule has 0 fully saturated rings. The summed E-state index contributed by atoms with van der Waals surface area (Å²) in [4.78, 5) is 13.7. The average Bonchev–Trinajstić information content (AvgIpc) is 2.44. The molecule has 4 nitrogen and oxygen atoms in total. The zero-order chi connectivity index (χ0) is 15.1. The van der Waals surface area contributed by atoms with Crippen LogP contribution in [0.3, 0.4) is 0 Å². The van der Waals surface area contributed by atoms with Gasteiger partial charge in [-0.15, -0.1) is 0 Å². The molecule has 0 aromatic heterocycles. The van der Waals surface area contributed by atoms with E-state index in [4.69, 9.17) is 0 Å². The first-order chi connectivity index (χ1) is 9.43. The predicted molar refractivity (Wildman–Crippen MR) is 82.8 cm³/mol. The number of likely N-dealkylation sites (N-methyl/N-ethyl adjacent to an activating group) is 1. The fourth-order valence-corrected chi connectivity index (χ4v) is 1.87. The van der Waals surface area contributed by atoms with Crippen LogP contribution in [0.4, 0.5) is 5.69 Å². The van der Waals surface area contributed by atoms with E-state index in [0.717, 1.165) is 11.3 Å². The van der Waals surface area contributed by atoms with Crippen molar-refractivity contribution >= 4 is 11.6 Å². The Bertz CT molecular complexity index is 415. The van der Waals surface area contributed by atoms with Crippen LogP contribution < -0.4 is 10.2 Å². The summed E-state index contributed by atoms with van der Waals surface area (Å²) in [6.07, 6.45) is 0.288. The van der Waals surface area contributed by atoms with Crippen molar-refractivity contribution < 1.29 is 9.90 Å². The Morgan fingerprint density at radius 3 is 2.40 bits per heavy atom. The summed E-state index contributed by atoms with van der Waals surface area (Å²) in [5.74, 6) is 0.484. The molecule has 0 aliphatic carbocycles. The van der Waals surface area contributed by atoms with E-state index >= 15 is 0 Å². The van der Waals surface area contributed by atoms with Crippen molar-refractivity contribution in [2.24, 2.45) is 5.92 Å². The van der Waals surface area contributed by atoms with Gasteiger partial charge in [0.1, 0.15) is 0 Å². The lowest BCUT2D eigenvalue weighted by Gasteiger charge is -2.20. The lowest BCUT2D eigenvalue weighted by molar-refractivity contribution is -0.119. The second-order valence-electron chi connectivity index (χ2n) is 5.57. The molecule has 0 heterocycles. The zero-order valence-corrected chi connectivity index (χ0v) is 12.9. The number of amides is 1. The molecule has 1 amide bonds. The van der Waals surface area contributed by atoms with Crippen LogP contribution in [0.2, 0.25) is 0 Å². The third-order valence-electron chi connectivity index (χ3n) is 3.19. The van der Waals surface area contributed by atoms with Crippen molar-refractivity contribution in [2.75, 3.05) is 25.0 Å². The number of rotatable bonds is 7. The number of nitrogens with zero attached hydrogens (tertiary/aromatic N) is 1. The number of hydrogen-bond donors (Lipinski definition) is 2. The molecule has 1 aromatic rings. The fourth-order valence-electron chi connectivity index (χ4n) is 1.87. The van der Waals surface area contributed by atoms with Crippen molar-refractivity contribution in [3.8, 4) is 0 Å². The quantitative estimate of drug-likeness (QED) is 0.805. The second kappa shape index (κ2) is 7.90. The predicted octanol–water partition coefficient (Wildman–Crippen LogP) is 2.34. The number of aliphatic hydroxyl groups is 1. The normalized spacial score (nSPS) is 12.3. The van der Waals surface area contributed by atoms with Gasteiger partial charge in [0, 0.05) is 19.3 Å². The van der Waals surface area contributed by atoms with Crippen LogP contribution in [-0.4, -0.2) is 31.2 Å². The highest BCUT2D eigenvalue weighted by molar-refractivity contribution is 5.81. The van der Waals surface area contributed by atoms with Crippen LogP contribution in [0.25, 0.3) is 0 Å². The molecule has 0 saturated heterocycles. The first-order valence-electron chi connectivity index (χ1n) is 7.19. The van der Waals surface area contributed by atoms with Crippen molar-refractivity contribution in [3.05, 3.63) is 29.8 Å². The summed E-state index contributed by atoms with van der Waals surface area (Å²) in [5.41, 5.74) is 1.88. The van der Waals surface area contributed by atoms with Crippen LogP contribution >= 0.6 is 0 Å². The Balaban J connectivity index is 2.55. The van der Waals surface area contributed by atoms with E-state index in [1.807, 2.05) is 43.1 Å². The summed E-state index contributed by atoms with van der Waals surface area (Å²) in [5, 5.41) is 12.6. The van der Waals surface area contributed by atoms with Crippen LogP contribution in [0.1, 0.15) is 38.9 Å². The number of nitrogens with one attached hydrogen (secondary N) is 1. The molecule has 112 valence electrons. The first-order valence-corrected chi connectivity index (χ1v) is 7.19. The van der Waals surface area contributed by atoms with Gasteiger partial charge in [-0.3, -0.25) is 4.79 Å². The summed E-state index contributed by atoms with van der Waals surface area (Å²) >= 11 is 0. The van der Waals surface area contributed by atoms with Crippen LogP contribution in [-0.2, 0) is 4.79 Å². The Hall–Kier alpha value is -1.55. The zero-order valence-electron chi connectivity index (χ0n) is 12.9. The number of anilines is 1. The molecule has 0 bridgehead atoms. The number of carbonyl (C=O) groups excluding carboxylic acids is 1.